The van der Waals surface area contributed by atoms with Crippen LogP contribution in [0.1, 0.15) is 10.6 Å². The van der Waals surface area contributed by atoms with Crippen molar-refractivity contribution in [2.45, 2.75) is 0 Å². The molecule has 0 unspecified atom stereocenters. The van der Waals surface area contributed by atoms with Crippen molar-refractivity contribution in [3.8, 4) is 0 Å². The minimum Gasteiger partial charge on any atom is -0.459 e. The second-order valence-electron chi connectivity index (χ2n) is 3.68. The van der Waals surface area contributed by atoms with Gasteiger partial charge in [0.15, 0.2) is 10.9 Å². The van der Waals surface area contributed by atoms with E-state index < -0.39 is 0 Å². The molecule has 0 spiro atoms. The number of rotatable bonds is 3. The van der Waals surface area contributed by atoms with Gasteiger partial charge in [-0.05, 0) is 36.5 Å². The second kappa shape index (κ2) is 6.01. The van der Waals surface area contributed by atoms with Crippen LogP contribution in [0.2, 0.25) is 0 Å². The van der Waals surface area contributed by atoms with Gasteiger partial charge in [0.05, 0.1) is 17.6 Å². The van der Waals surface area contributed by atoms with Gasteiger partial charge in [-0.25, -0.2) is 0 Å². The van der Waals surface area contributed by atoms with E-state index in [0.29, 0.717) is 16.5 Å². The minimum absolute atomic E-state index is 0.256. The number of hydrogen-bond acceptors (Lipinski definition) is 3. The average molecular weight is 275 g/mol. The van der Waals surface area contributed by atoms with Crippen molar-refractivity contribution in [3.05, 3.63) is 48.4 Å². The maximum Gasteiger partial charge on any atom is 0.291 e. The fourth-order valence-corrected chi connectivity index (χ4v) is 1.59. The Hall–Kier alpha value is -2.34. The number of amides is 1. The Kier molecular flexibility index (Phi) is 4.15. The number of carbonyl (C=O) groups is 1. The molecule has 0 aliphatic carbocycles. The number of anilines is 2. The third-order valence-electron chi connectivity index (χ3n) is 2.40. The maximum atomic E-state index is 11.9. The lowest BCUT2D eigenvalue weighted by molar-refractivity contribution is 0.0996. The van der Waals surface area contributed by atoms with Crippen LogP contribution in [0.4, 0.5) is 11.4 Å². The number of thiocarbonyl (C=S) groups is 1. The van der Waals surface area contributed by atoms with Gasteiger partial charge in [-0.1, -0.05) is 12.1 Å². The highest BCUT2D eigenvalue weighted by Gasteiger charge is 2.11. The zero-order chi connectivity index (χ0) is 13.7. The van der Waals surface area contributed by atoms with Gasteiger partial charge in [-0.3, -0.25) is 4.79 Å². The van der Waals surface area contributed by atoms with Crippen LogP contribution >= 0.6 is 12.2 Å². The summed E-state index contributed by atoms with van der Waals surface area (Å²) in [6.07, 6.45) is 1.45. The summed E-state index contributed by atoms with van der Waals surface area (Å²) in [7, 11) is 1.72. The highest BCUT2D eigenvalue weighted by Crippen LogP contribution is 2.21. The minimum atomic E-state index is -0.311. The summed E-state index contributed by atoms with van der Waals surface area (Å²) in [6.45, 7) is 0. The molecule has 6 heteroatoms. The Bertz CT molecular complexity index is 581. The van der Waals surface area contributed by atoms with Crippen LogP contribution in [0.3, 0.4) is 0 Å². The first-order valence-corrected chi connectivity index (χ1v) is 6.04. The molecule has 0 saturated carbocycles. The first-order chi connectivity index (χ1) is 9.20. The predicted molar refractivity (Wildman–Crippen MR) is 78.4 cm³/mol. The summed E-state index contributed by atoms with van der Waals surface area (Å²) in [5.74, 6) is -0.0550. The van der Waals surface area contributed by atoms with Crippen molar-refractivity contribution < 1.29 is 9.21 Å². The van der Waals surface area contributed by atoms with Crippen molar-refractivity contribution in [1.82, 2.24) is 5.32 Å². The number of benzene rings is 1. The lowest BCUT2D eigenvalue weighted by Crippen LogP contribution is -2.25. The lowest BCUT2D eigenvalue weighted by atomic mass is 10.2. The summed E-state index contributed by atoms with van der Waals surface area (Å²) in [5.41, 5.74) is 1.34. The van der Waals surface area contributed by atoms with Gasteiger partial charge in [-0.15, -0.1) is 0 Å². The standard InChI is InChI=1S/C13H13N3O2S/c1-14-13(19)16-10-6-3-2-5-9(10)15-12(17)11-7-4-8-18-11/h2-8H,1H3,(H,15,17)(H2,14,16,19). The number of para-hydroxylation sites is 2. The molecule has 2 rings (SSSR count). The molecule has 1 heterocycles. The van der Waals surface area contributed by atoms with Crippen LogP contribution in [-0.2, 0) is 0 Å². The summed E-state index contributed by atoms with van der Waals surface area (Å²) >= 11 is 5.04. The molecular weight excluding hydrogens is 262 g/mol. The van der Waals surface area contributed by atoms with E-state index in [4.69, 9.17) is 16.6 Å². The fraction of sp³-hybridized carbons (Fsp3) is 0.0769. The van der Waals surface area contributed by atoms with Crippen molar-refractivity contribution in [2.75, 3.05) is 17.7 Å². The quantitative estimate of drug-likeness (QED) is 0.751. The van der Waals surface area contributed by atoms with Crippen molar-refractivity contribution in [3.63, 3.8) is 0 Å². The zero-order valence-electron chi connectivity index (χ0n) is 10.3. The largest absolute Gasteiger partial charge is 0.459 e. The van der Waals surface area contributed by atoms with E-state index in [-0.39, 0.29) is 11.7 Å². The molecule has 0 aliphatic heterocycles. The van der Waals surface area contributed by atoms with Crippen LogP contribution in [-0.4, -0.2) is 18.1 Å². The first-order valence-electron chi connectivity index (χ1n) is 5.63. The average Bonchev–Trinajstić information content (AvgIpc) is 2.95. The van der Waals surface area contributed by atoms with E-state index in [9.17, 15) is 4.79 Å². The van der Waals surface area contributed by atoms with Gasteiger partial charge < -0.3 is 20.4 Å². The zero-order valence-corrected chi connectivity index (χ0v) is 11.1. The summed E-state index contributed by atoms with van der Waals surface area (Å²) in [6, 6.07) is 10.5. The Labute approximate surface area is 116 Å². The van der Waals surface area contributed by atoms with Crippen LogP contribution in [0.25, 0.3) is 0 Å². The van der Waals surface area contributed by atoms with Crippen LogP contribution < -0.4 is 16.0 Å². The van der Waals surface area contributed by atoms with Gasteiger partial charge >= 0.3 is 0 Å². The van der Waals surface area contributed by atoms with Gasteiger partial charge in [0.2, 0.25) is 0 Å². The molecule has 2 aromatic rings. The highest BCUT2D eigenvalue weighted by molar-refractivity contribution is 7.80. The molecule has 3 N–H and O–H groups in total. The fourth-order valence-electron chi connectivity index (χ4n) is 1.48. The van der Waals surface area contributed by atoms with Crippen molar-refractivity contribution in [2.24, 2.45) is 0 Å². The van der Waals surface area contributed by atoms with E-state index in [1.807, 2.05) is 18.2 Å². The van der Waals surface area contributed by atoms with Crippen molar-refractivity contribution in [1.29, 1.82) is 0 Å². The van der Waals surface area contributed by atoms with Crippen LogP contribution in [0, 0.1) is 0 Å². The molecule has 19 heavy (non-hydrogen) atoms. The molecule has 1 amide bonds. The molecule has 0 fully saturated rings. The first kappa shape index (κ1) is 13.1. The monoisotopic (exact) mass is 275 g/mol. The molecule has 1 aromatic carbocycles. The Morgan fingerprint density at radius 2 is 1.79 bits per heavy atom. The molecule has 1 aromatic heterocycles. The topological polar surface area (TPSA) is 66.3 Å². The SMILES string of the molecule is CNC(=S)Nc1ccccc1NC(=O)c1ccco1. The highest BCUT2D eigenvalue weighted by atomic mass is 32.1. The smallest absolute Gasteiger partial charge is 0.291 e. The predicted octanol–water partition coefficient (Wildman–Crippen LogP) is 2.45. The Morgan fingerprint density at radius 1 is 1.11 bits per heavy atom. The van der Waals surface area contributed by atoms with E-state index in [0.717, 1.165) is 0 Å². The molecule has 0 saturated heterocycles. The van der Waals surface area contributed by atoms with Gasteiger partial charge in [-0.2, -0.15) is 0 Å². The number of nitrogens with one attached hydrogen (secondary N) is 3. The summed E-state index contributed by atoms with van der Waals surface area (Å²) in [5, 5.41) is 9.03. The Balaban J connectivity index is 2.16. The van der Waals surface area contributed by atoms with Crippen LogP contribution in [0.5, 0.6) is 0 Å². The molecule has 0 atom stereocenters. The summed E-state index contributed by atoms with van der Waals surface area (Å²) in [4.78, 5) is 11.9. The van der Waals surface area contributed by atoms with Gasteiger partial charge in [0, 0.05) is 7.05 Å². The molecular formula is C13H13N3O2S. The number of carbonyl (C=O) groups excluding carboxylic acids is 1. The van der Waals surface area contributed by atoms with Crippen molar-refractivity contribution >= 4 is 34.6 Å². The second-order valence-corrected chi connectivity index (χ2v) is 4.09. The van der Waals surface area contributed by atoms with E-state index in [2.05, 4.69) is 16.0 Å². The van der Waals surface area contributed by atoms with E-state index >= 15 is 0 Å². The third kappa shape index (κ3) is 3.32. The third-order valence-corrected chi connectivity index (χ3v) is 2.70. The van der Waals surface area contributed by atoms with Gasteiger partial charge in [0.25, 0.3) is 5.91 Å². The van der Waals surface area contributed by atoms with Gasteiger partial charge in [0.1, 0.15) is 0 Å². The molecule has 0 bridgehead atoms. The summed E-state index contributed by atoms with van der Waals surface area (Å²) < 4.78 is 5.04. The van der Waals surface area contributed by atoms with Crippen LogP contribution in [0.15, 0.2) is 47.1 Å². The van der Waals surface area contributed by atoms with E-state index in [1.165, 1.54) is 6.26 Å². The Morgan fingerprint density at radius 3 is 2.37 bits per heavy atom. The number of furan rings is 1. The molecule has 98 valence electrons. The molecule has 0 aliphatic rings. The maximum absolute atomic E-state index is 11.9. The normalized spacial score (nSPS) is 9.74. The molecule has 0 radical (unpaired) electrons. The van der Waals surface area contributed by atoms with E-state index in [1.54, 1.807) is 25.2 Å². The molecule has 5 nitrogen and oxygen atoms in total. The lowest BCUT2D eigenvalue weighted by Gasteiger charge is -2.12. The number of hydrogen-bond donors (Lipinski definition) is 3.